The summed E-state index contributed by atoms with van der Waals surface area (Å²) in [6, 6.07) is 6.36. The number of hydrogen-bond donors (Lipinski definition) is 0. The second-order valence-electron chi connectivity index (χ2n) is 2.07. The molecule has 0 fully saturated rings. The van der Waals surface area contributed by atoms with E-state index >= 15 is 0 Å². The Balaban J connectivity index is 0.000000364. The van der Waals surface area contributed by atoms with E-state index < -0.39 is 22.3 Å². The Bertz CT molecular complexity index is 361. The van der Waals surface area contributed by atoms with Gasteiger partial charge in [-0.05, 0) is 0 Å². The summed E-state index contributed by atoms with van der Waals surface area (Å²) in [5, 5.41) is 0. The van der Waals surface area contributed by atoms with Gasteiger partial charge in [-0.2, -0.15) is 13.2 Å². The van der Waals surface area contributed by atoms with Crippen molar-refractivity contribution >= 4 is 10.6 Å². The Morgan fingerprint density at radius 3 is 1.50 bits per heavy atom. The van der Waals surface area contributed by atoms with Gasteiger partial charge in [0.1, 0.15) is 0 Å². The fourth-order valence-electron chi connectivity index (χ4n) is 0.627. The van der Waals surface area contributed by atoms with Gasteiger partial charge in [-0.3, -0.25) is 0 Å². The number of halogens is 3. The van der Waals surface area contributed by atoms with Gasteiger partial charge >= 0.3 is 16.8 Å². The van der Waals surface area contributed by atoms with Gasteiger partial charge in [0.05, 0.1) is 5.56 Å². The summed E-state index contributed by atoms with van der Waals surface area (Å²) in [7, 11) is -3.11. The molecule has 7 heteroatoms. The maximum Gasteiger partial charge on any atom is 0.425 e. The number of alkyl halides is 3. The minimum absolute atomic E-state index is 0.602. The summed E-state index contributed by atoms with van der Waals surface area (Å²) < 4.78 is 60.7. The van der Waals surface area contributed by atoms with Crippen LogP contribution in [0.2, 0.25) is 0 Å². The minimum Gasteiger partial charge on any atom is -0.166 e. The van der Waals surface area contributed by atoms with E-state index in [0.29, 0.717) is 0 Å². The molecule has 0 radical (unpaired) electrons. The Morgan fingerprint density at radius 2 is 1.29 bits per heavy atom. The zero-order chi connectivity index (χ0) is 11.2. The van der Waals surface area contributed by atoms with Gasteiger partial charge in [-0.15, -0.1) is 12.6 Å². The molecule has 1 rings (SSSR count). The zero-order valence-corrected chi connectivity index (χ0v) is 7.47. The van der Waals surface area contributed by atoms with E-state index in [-0.39, 0.29) is 0 Å². The van der Waals surface area contributed by atoms with Crippen molar-refractivity contribution in [2.75, 3.05) is 0 Å². The highest BCUT2D eigenvalue weighted by atomic mass is 32.2. The van der Waals surface area contributed by atoms with Crippen LogP contribution in [0.4, 0.5) is 13.2 Å². The third kappa shape index (κ3) is 6.18. The van der Waals surface area contributed by atoms with Crippen LogP contribution in [0.25, 0.3) is 0 Å². The lowest BCUT2D eigenvalue weighted by Crippen LogP contribution is -2.03. The predicted octanol–water partition coefficient (Wildman–Crippen LogP) is 1.70. The third-order valence-corrected chi connectivity index (χ3v) is 1.10. The highest BCUT2D eigenvalue weighted by Crippen LogP contribution is 2.28. The van der Waals surface area contributed by atoms with Gasteiger partial charge in [-0.1, -0.05) is 30.3 Å². The van der Waals surface area contributed by atoms with Crippen LogP contribution < -0.4 is 0 Å². The SMILES string of the molecule is FC(F)(F)c1ccccc1.O=S(=O)=O. The number of rotatable bonds is 0. The highest BCUT2D eigenvalue weighted by Gasteiger charge is 2.29. The second-order valence-corrected chi connectivity index (χ2v) is 2.48. The first-order valence-corrected chi connectivity index (χ1v) is 4.23. The molecule has 0 N–H and O–H groups in total. The molecule has 0 heterocycles. The van der Waals surface area contributed by atoms with Gasteiger partial charge in [0.25, 0.3) is 0 Å². The van der Waals surface area contributed by atoms with Crippen LogP contribution in [0, 0.1) is 0 Å². The monoisotopic (exact) mass is 226 g/mol. The molecule has 0 saturated carbocycles. The van der Waals surface area contributed by atoms with Crippen LogP contribution in [0.15, 0.2) is 30.3 Å². The van der Waals surface area contributed by atoms with Gasteiger partial charge < -0.3 is 0 Å². The predicted molar refractivity (Wildman–Crippen MR) is 41.1 cm³/mol. The lowest BCUT2D eigenvalue weighted by Gasteiger charge is -2.03. The lowest BCUT2D eigenvalue weighted by molar-refractivity contribution is -0.137. The van der Waals surface area contributed by atoms with Crippen molar-refractivity contribution in [2.24, 2.45) is 0 Å². The molecule has 14 heavy (non-hydrogen) atoms. The first kappa shape index (κ1) is 12.6. The average molecular weight is 226 g/mol. The quantitative estimate of drug-likeness (QED) is 0.676. The van der Waals surface area contributed by atoms with Crippen LogP contribution in [0.3, 0.4) is 0 Å². The molecule has 1 aromatic rings. The number of hydrogen-bond acceptors (Lipinski definition) is 3. The molecule has 1 aromatic carbocycles. The third-order valence-electron chi connectivity index (χ3n) is 1.10. The topological polar surface area (TPSA) is 51.2 Å². The molecule has 0 atom stereocenters. The first-order chi connectivity index (χ1) is 6.34. The summed E-state index contributed by atoms with van der Waals surface area (Å²) in [6.07, 6.45) is -4.21. The molecule has 0 aromatic heterocycles. The molecule has 0 aliphatic carbocycles. The van der Waals surface area contributed by atoms with Crippen molar-refractivity contribution in [3.63, 3.8) is 0 Å². The molecule has 0 aliphatic rings. The number of benzene rings is 1. The van der Waals surface area contributed by atoms with Gasteiger partial charge in [0.15, 0.2) is 0 Å². The molecule has 0 unspecified atom stereocenters. The van der Waals surface area contributed by atoms with Crippen LogP contribution in [0.5, 0.6) is 0 Å². The highest BCUT2D eigenvalue weighted by molar-refractivity contribution is 7.59. The summed E-state index contributed by atoms with van der Waals surface area (Å²) in [5.41, 5.74) is -0.602. The summed E-state index contributed by atoms with van der Waals surface area (Å²) in [6.45, 7) is 0. The molecule has 0 saturated heterocycles. The van der Waals surface area contributed by atoms with E-state index in [2.05, 4.69) is 0 Å². The van der Waals surface area contributed by atoms with Crippen molar-refractivity contribution in [3.8, 4) is 0 Å². The van der Waals surface area contributed by atoms with Crippen LogP contribution in [-0.4, -0.2) is 12.6 Å². The fourth-order valence-corrected chi connectivity index (χ4v) is 0.627. The van der Waals surface area contributed by atoms with Crippen LogP contribution >= 0.6 is 0 Å². The minimum atomic E-state index is -4.21. The lowest BCUT2D eigenvalue weighted by atomic mass is 10.2. The summed E-state index contributed by atoms with van der Waals surface area (Å²) >= 11 is 0. The molecule has 78 valence electrons. The van der Waals surface area contributed by atoms with E-state index in [4.69, 9.17) is 12.6 Å². The molecule has 0 bridgehead atoms. The normalized spacial score (nSPS) is 9.93. The van der Waals surface area contributed by atoms with E-state index in [1.165, 1.54) is 12.1 Å². The molecule has 0 spiro atoms. The van der Waals surface area contributed by atoms with Crippen molar-refractivity contribution in [1.82, 2.24) is 0 Å². The Morgan fingerprint density at radius 1 is 0.929 bits per heavy atom. The van der Waals surface area contributed by atoms with E-state index in [1.54, 1.807) is 6.07 Å². The molecule has 3 nitrogen and oxygen atoms in total. The molecule has 0 aliphatic heterocycles. The zero-order valence-electron chi connectivity index (χ0n) is 6.65. The van der Waals surface area contributed by atoms with Crippen molar-refractivity contribution in [2.45, 2.75) is 6.18 Å². The average Bonchev–Trinajstić information content (AvgIpc) is 2.03. The second kappa shape index (κ2) is 5.38. The maximum atomic E-state index is 11.8. The molecule has 0 amide bonds. The van der Waals surface area contributed by atoms with Crippen LogP contribution in [-0.2, 0) is 16.8 Å². The summed E-state index contributed by atoms with van der Waals surface area (Å²) in [4.78, 5) is 0. The van der Waals surface area contributed by atoms with Crippen LogP contribution in [0.1, 0.15) is 5.56 Å². The summed E-state index contributed by atoms with van der Waals surface area (Å²) in [5.74, 6) is 0. The van der Waals surface area contributed by atoms with E-state index in [1.807, 2.05) is 0 Å². The van der Waals surface area contributed by atoms with E-state index in [0.717, 1.165) is 12.1 Å². The Hall–Kier alpha value is -1.37. The van der Waals surface area contributed by atoms with Crippen molar-refractivity contribution in [1.29, 1.82) is 0 Å². The largest absolute Gasteiger partial charge is 0.425 e. The molecular weight excluding hydrogens is 221 g/mol. The Labute approximate surface area is 79.2 Å². The van der Waals surface area contributed by atoms with Crippen molar-refractivity contribution in [3.05, 3.63) is 35.9 Å². The van der Waals surface area contributed by atoms with Gasteiger partial charge in [-0.25, -0.2) is 0 Å². The Kier molecular flexibility index (Phi) is 4.85. The smallest absolute Gasteiger partial charge is 0.166 e. The van der Waals surface area contributed by atoms with Crippen molar-refractivity contribution < 1.29 is 25.8 Å². The fraction of sp³-hybridized carbons (Fsp3) is 0.143. The van der Waals surface area contributed by atoms with Gasteiger partial charge in [0.2, 0.25) is 0 Å². The standard InChI is InChI=1S/C7H5F3.O3S/c8-7(9,10)6-4-2-1-3-5-6;1-4(2)3/h1-5H;. The van der Waals surface area contributed by atoms with E-state index in [9.17, 15) is 13.2 Å². The maximum absolute atomic E-state index is 11.8. The first-order valence-electron chi connectivity index (χ1n) is 3.23. The van der Waals surface area contributed by atoms with Gasteiger partial charge in [0, 0.05) is 0 Å². The molecular formula is C7H5F3O3S.